The number of hydrogen-bond donors (Lipinski definition) is 2. The van der Waals surface area contributed by atoms with Crippen molar-refractivity contribution in [3.05, 3.63) is 0 Å². The van der Waals surface area contributed by atoms with E-state index in [4.69, 9.17) is 6.42 Å². The van der Waals surface area contributed by atoms with Crippen molar-refractivity contribution < 1.29 is 0 Å². The summed E-state index contributed by atoms with van der Waals surface area (Å²) >= 11 is 0. The first kappa shape index (κ1) is 6.60. The van der Waals surface area contributed by atoms with Crippen LogP contribution in [0, 0.1) is 12.3 Å². The van der Waals surface area contributed by atoms with Crippen LogP contribution in [-0.4, -0.2) is 25.7 Å². The van der Waals surface area contributed by atoms with Crippen LogP contribution in [0.4, 0.5) is 0 Å². The van der Waals surface area contributed by atoms with Crippen LogP contribution in [0.25, 0.3) is 0 Å². The third-order valence-corrected chi connectivity index (χ3v) is 1.55. The minimum Gasteiger partial charge on any atom is -0.315 e. The van der Waals surface area contributed by atoms with Gasteiger partial charge in [0.15, 0.2) is 0 Å². The highest BCUT2D eigenvalue weighted by Crippen LogP contribution is 1.94. The van der Waals surface area contributed by atoms with Gasteiger partial charge in [-0.25, -0.2) is 0 Å². The van der Waals surface area contributed by atoms with E-state index in [9.17, 15) is 0 Å². The molecule has 0 bridgehead atoms. The topological polar surface area (TPSA) is 24.1 Å². The van der Waals surface area contributed by atoms with Crippen LogP contribution >= 0.6 is 0 Å². The molecule has 1 aliphatic rings. The Morgan fingerprint density at radius 2 is 2.67 bits per heavy atom. The summed E-state index contributed by atoms with van der Waals surface area (Å²) in [7, 11) is 0. The molecule has 0 aromatic rings. The molecule has 0 amide bonds. The zero-order chi connectivity index (χ0) is 6.53. The molecule has 0 spiro atoms. The first-order valence-corrected chi connectivity index (χ1v) is 3.31. The van der Waals surface area contributed by atoms with Gasteiger partial charge in [0.2, 0.25) is 0 Å². The van der Waals surface area contributed by atoms with E-state index in [1.165, 1.54) is 6.42 Å². The van der Waals surface area contributed by atoms with Crippen molar-refractivity contribution >= 4 is 0 Å². The van der Waals surface area contributed by atoms with E-state index in [0.29, 0.717) is 12.6 Å². The van der Waals surface area contributed by atoms with Crippen molar-refractivity contribution in [3.8, 4) is 12.3 Å². The van der Waals surface area contributed by atoms with Crippen LogP contribution in [0.15, 0.2) is 0 Å². The lowest BCUT2D eigenvalue weighted by Gasteiger charge is -2.05. The van der Waals surface area contributed by atoms with Gasteiger partial charge in [-0.2, -0.15) is 0 Å². The maximum Gasteiger partial charge on any atom is 0.0576 e. The Hall–Kier alpha value is -0.520. The lowest BCUT2D eigenvalue weighted by molar-refractivity contribution is 0.588. The predicted molar refractivity (Wildman–Crippen MR) is 38.1 cm³/mol. The average Bonchev–Trinajstić information content (AvgIpc) is 2.34. The fraction of sp³-hybridized carbons (Fsp3) is 0.714. The number of hydrogen-bond acceptors (Lipinski definition) is 2. The molecule has 0 saturated carbocycles. The second kappa shape index (κ2) is 3.49. The SMILES string of the molecule is C#CCNC1CCNC1. The normalized spacial score (nSPS) is 25.9. The van der Waals surface area contributed by atoms with E-state index in [0.717, 1.165) is 13.1 Å². The molecule has 1 atom stereocenters. The molecule has 2 nitrogen and oxygen atoms in total. The standard InChI is InChI=1S/C7H12N2/c1-2-4-9-7-3-5-8-6-7/h1,7-9H,3-6H2. The van der Waals surface area contributed by atoms with Gasteiger partial charge in [-0.05, 0) is 13.0 Å². The molecular weight excluding hydrogens is 112 g/mol. The third kappa shape index (κ3) is 2.05. The average molecular weight is 124 g/mol. The molecule has 1 saturated heterocycles. The van der Waals surface area contributed by atoms with Crippen molar-refractivity contribution in [3.63, 3.8) is 0 Å². The Morgan fingerprint density at radius 1 is 1.78 bits per heavy atom. The monoisotopic (exact) mass is 124 g/mol. The summed E-state index contributed by atoms with van der Waals surface area (Å²) in [5.41, 5.74) is 0. The fourth-order valence-corrected chi connectivity index (χ4v) is 1.03. The van der Waals surface area contributed by atoms with E-state index in [1.54, 1.807) is 0 Å². The van der Waals surface area contributed by atoms with Crippen molar-refractivity contribution in [2.45, 2.75) is 12.5 Å². The molecule has 0 aliphatic carbocycles. The molecule has 1 rings (SSSR count). The van der Waals surface area contributed by atoms with Crippen LogP contribution in [0.3, 0.4) is 0 Å². The van der Waals surface area contributed by atoms with Gasteiger partial charge in [-0.1, -0.05) is 5.92 Å². The molecule has 9 heavy (non-hydrogen) atoms. The Morgan fingerprint density at radius 3 is 3.22 bits per heavy atom. The van der Waals surface area contributed by atoms with Gasteiger partial charge >= 0.3 is 0 Å². The summed E-state index contributed by atoms with van der Waals surface area (Å²) in [6.45, 7) is 2.90. The van der Waals surface area contributed by atoms with Gasteiger partial charge in [-0.3, -0.25) is 0 Å². The zero-order valence-electron chi connectivity index (χ0n) is 5.48. The first-order valence-electron chi connectivity index (χ1n) is 3.31. The highest BCUT2D eigenvalue weighted by Gasteiger charge is 2.11. The Balaban J connectivity index is 2.06. The van der Waals surface area contributed by atoms with Crippen LogP contribution in [0.5, 0.6) is 0 Å². The van der Waals surface area contributed by atoms with Gasteiger partial charge < -0.3 is 10.6 Å². The third-order valence-electron chi connectivity index (χ3n) is 1.55. The molecule has 2 heteroatoms. The summed E-state index contributed by atoms with van der Waals surface area (Å²) in [4.78, 5) is 0. The maximum absolute atomic E-state index is 5.07. The van der Waals surface area contributed by atoms with Crippen molar-refractivity contribution in [2.75, 3.05) is 19.6 Å². The van der Waals surface area contributed by atoms with Crippen molar-refractivity contribution in [2.24, 2.45) is 0 Å². The summed E-state index contributed by atoms with van der Waals surface area (Å²) in [5.74, 6) is 2.56. The van der Waals surface area contributed by atoms with Crippen molar-refractivity contribution in [1.82, 2.24) is 10.6 Å². The minimum atomic E-state index is 0.612. The van der Waals surface area contributed by atoms with Gasteiger partial charge in [0, 0.05) is 12.6 Å². The second-order valence-corrected chi connectivity index (χ2v) is 2.27. The molecule has 1 unspecified atom stereocenters. The molecular formula is C7H12N2. The molecule has 0 aromatic heterocycles. The van der Waals surface area contributed by atoms with Crippen LogP contribution in [0.1, 0.15) is 6.42 Å². The second-order valence-electron chi connectivity index (χ2n) is 2.27. The Labute approximate surface area is 56.0 Å². The van der Waals surface area contributed by atoms with Gasteiger partial charge in [0.25, 0.3) is 0 Å². The fourth-order valence-electron chi connectivity index (χ4n) is 1.03. The molecule has 1 heterocycles. The number of terminal acetylenes is 1. The number of nitrogens with one attached hydrogen (secondary N) is 2. The Bertz CT molecular complexity index is 109. The van der Waals surface area contributed by atoms with E-state index in [2.05, 4.69) is 16.6 Å². The molecule has 1 fully saturated rings. The largest absolute Gasteiger partial charge is 0.315 e. The predicted octanol–water partition coefficient (Wildman–Crippen LogP) is -0.429. The lowest BCUT2D eigenvalue weighted by atomic mass is 10.3. The lowest BCUT2D eigenvalue weighted by Crippen LogP contribution is -2.30. The van der Waals surface area contributed by atoms with Crippen LogP contribution in [-0.2, 0) is 0 Å². The highest BCUT2D eigenvalue weighted by molar-refractivity contribution is 4.89. The Kier molecular flexibility index (Phi) is 2.56. The quantitative estimate of drug-likeness (QED) is 0.488. The van der Waals surface area contributed by atoms with Crippen LogP contribution in [0.2, 0.25) is 0 Å². The van der Waals surface area contributed by atoms with E-state index in [1.807, 2.05) is 0 Å². The summed E-state index contributed by atoms with van der Waals surface area (Å²) in [6, 6.07) is 0.612. The van der Waals surface area contributed by atoms with E-state index in [-0.39, 0.29) is 0 Å². The molecule has 0 radical (unpaired) electrons. The molecule has 50 valence electrons. The van der Waals surface area contributed by atoms with E-state index < -0.39 is 0 Å². The van der Waals surface area contributed by atoms with Crippen molar-refractivity contribution in [1.29, 1.82) is 0 Å². The maximum atomic E-state index is 5.07. The van der Waals surface area contributed by atoms with Crippen LogP contribution < -0.4 is 10.6 Å². The number of rotatable bonds is 2. The van der Waals surface area contributed by atoms with E-state index >= 15 is 0 Å². The zero-order valence-corrected chi connectivity index (χ0v) is 5.48. The van der Waals surface area contributed by atoms with Gasteiger partial charge in [-0.15, -0.1) is 6.42 Å². The molecule has 1 aliphatic heterocycles. The summed E-state index contributed by atoms with van der Waals surface area (Å²) in [6.07, 6.45) is 6.28. The summed E-state index contributed by atoms with van der Waals surface area (Å²) < 4.78 is 0. The summed E-state index contributed by atoms with van der Waals surface area (Å²) in [5, 5.41) is 6.48. The smallest absolute Gasteiger partial charge is 0.0576 e. The first-order chi connectivity index (χ1) is 4.43. The minimum absolute atomic E-state index is 0.612. The van der Waals surface area contributed by atoms with Gasteiger partial charge in [0.1, 0.15) is 0 Å². The molecule has 2 N–H and O–H groups in total. The van der Waals surface area contributed by atoms with Gasteiger partial charge in [0.05, 0.1) is 6.54 Å². The highest BCUT2D eigenvalue weighted by atomic mass is 15.0. The molecule has 0 aromatic carbocycles.